The summed E-state index contributed by atoms with van der Waals surface area (Å²) >= 11 is 3.42. The van der Waals surface area contributed by atoms with Crippen molar-refractivity contribution in [3.63, 3.8) is 0 Å². The molecule has 0 radical (unpaired) electrons. The van der Waals surface area contributed by atoms with Crippen molar-refractivity contribution in [3.05, 3.63) is 82.3 Å². The van der Waals surface area contributed by atoms with Crippen molar-refractivity contribution in [1.29, 1.82) is 0 Å². The third-order valence-corrected chi connectivity index (χ3v) is 8.79. The molecule has 0 bridgehead atoms. The van der Waals surface area contributed by atoms with Gasteiger partial charge in [0.05, 0.1) is 24.8 Å². The van der Waals surface area contributed by atoms with E-state index >= 15 is 0 Å². The number of hydrogen-bond acceptors (Lipinski definition) is 6. The third-order valence-electron chi connectivity index (χ3n) is 6.47. The van der Waals surface area contributed by atoms with Crippen molar-refractivity contribution in [2.75, 3.05) is 25.1 Å². The number of hydrogen-bond donors (Lipinski definition) is 1. The van der Waals surface area contributed by atoms with E-state index in [2.05, 4.69) is 21.2 Å². The van der Waals surface area contributed by atoms with Crippen molar-refractivity contribution in [2.24, 2.45) is 0 Å². The number of anilines is 1. The predicted molar refractivity (Wildman–Crippen MR) is 167 cm³/mol. The number of benzene rings is 3. The van der Waals surface area contributed by atoms with E-state index < -0.39 is 34.1 Å². The number of carbonyl (C=O) groups is 2. The quantitative estimate of drug-likeness (QED) is 0.299. The highest BCUT2D eigenvalue weighted by molar-refractivity contribution is 9.10. The molecule has 3 aromatic carbocycles. The fraction of sp³-hybridized carbons (Fsp3) is 0.355. The zero-order valence-electron chi connectivity index (χ0n) is 25.0. The van der Waals surface area contributed by atoms with Crippen molar-refractivity contribution in [2.45, 2.75) is 57.6 Å². The van der Waals surface area contributed by atoms with Gasteiger partial charge in [0.15, 0.2) is 11.5 Å². The van der Waals surface area contributed by atoms with Crippen LogP contribution in [0, 0.1) is 6.92 Å². The summed E-state index contributed by atoms with van der Waals surface area (Å²) in [4.78, 5) is 28.7. The maximum absolute atomic E-state index is 14.1. The Hall–Kier alpha value is -3.57. The van der Waals surface area contributed by atoms with Crippen LogP contribution < -0.4 is 19.1 Å². The van der Waals surface area contributed by atoms with Crippen LogP contribution >= 0.6 is 15.9 Å². The average molecular weight is 661 g/mol. The summed E-state index contributed by atoms with van der Waals surface area (Å²) in [6.45, 7) is 8.58. The Balaban J connectivity index is 2.09. The van der Waals surface area contributed by atoms with E-state index in [-0.39, 0.29) is 23.0 Å². The summed E-state index contributed by atoms with van der Waals surface area (Å²) < 4.78 is 40.7. The summed E-state index contributed by atoms with van der Waals surface area (Å²) in [5.74, 6) is -0.201. The van der Waals surface area contributed by atoms with E-state index in [0.717, 1.165) is 19.9 Å². The Kier molecular flexibility index (Phi) is 10.7. The molecule has 2 amide bonds. The van der Waals surface area contributed by atoms with Crippen LogP contribution in [0.15, 0.2) is 76.1 Å². The largest absolute Gasteiger partial charge is 0.493 e. The highest BCUT2D eigenvalue weighted by Gasteiger charge is 2.33. The highest BCUT2D eigenvalue weighted by Crippen LogP contribution is 2.34. The van der Waals surface area contributed by atoms with Crippen LogP contribution in [0.25, 0.3) is 0 Å². The molecule has 0 aliphatic rings. The van der Waals surface area contributed by atoms with E-state index in [9.17, 15) is 18.0 Å². The third kappa shape index (κ3) is 8.25. The number of aryl methyl sites for hydroxylation is 1. The number of nitrogens with one attached hydrogen (secondary N) is 1. The molecule has 0 spiro atoms. The molecule has 0 saturated heterocycles. The van der Waals surface area contributed by atoms with Crippen molar-refractivity contribution >= 4 is 43.5 Å². The molecule has 3 rings (SSSR count). The zero-order chi connectivity index (χ0) is 31.2. The molecule has 1 atom stereocenters. The topological polar surface area (TPSA) is 105 Å². The molecule has 0 unspecified atom stereocenters. The van der Waals surface area contributed by atoms with E-state index in [1.807, 2.05) is 52.0 Å². The SMILES string of the molecule is COc1ccc(N(CC(=O)N(Cc2ccc(Br)cc2)[C@H](C)C(=O)NC(C)(C)C)S(=O)(=O)c2ccc(C)cc2)cc1OC. The number of methoxy groups -OCH3 is 2. The van der Waals surface area contributed by atoms with Gasteiger partial charge in [-0.1, -0.05) is 45.8 Å². The van der Waals surface area contributed by atoms with Crippen molar-refractivity contribution in [3.8, 4) is 11.5 Å². The number of rotatable bonds is 11. The van der Waals surface area contributed by atoms with Crippen molar-refractivity contribution < 1.29 is 27.5 Å². The average Bonchev–Trinajstić information content (AvgIpc) is 2.94. The maximum Gasteiger partial charge on any atom is 0.264 e. The zero-order valence-corrected chi connectivity index (χ0v) is 27.4. The molecular weight excluding hydrogens is 622 g/mol. The number of carbonyl (C=O) groups excluding carboxylic acids is 2. The van der Waals surface area contributed by atoms with Crippen LogP contribution in [-0.2, 0) is 26.2 Å². The van der Waals surface area contributed by atoms with Gasteiger partial charge >= 0.3 is 0 Å². The Morgan fingerprint density at radius 3 is 2.07 bits per heavy atom. The number of amides is 2. The van der Waals surface area contributed by atoms with Gasteiger partial charge < -0.3 is 19.7 Å². The van der Waals surface area contributed by atoms with Crippen LogP contribution in [0.1, 0.15) is 38.8 Å². The number of nitrogens with zero attached hydrogens (tertiary/aromatic N) is 2. The first-order valence-corrected chi connectivity index (χ1v) is 15.6. The molecule has 0 heterocycles. The minimum Gasteiger partial charge on any atom is -0.493 e. The Morgan fingerprint density at radius 2 is 1.52 bits per heavy atom. The summed E-state index contributed by atoms with van der Waals surface area (Å²) in [6.07, 6.45) is 0. The lowest BCUT2D eigenvalue weighted by Gasteiger charge is -2.33. The Labute approximate surface area is 257 Å². The molecule has 1 N–H and O–H groups in total. The first-order chi connectivity index (χ1) is 19.7. The fourth-order valence-corrected chi connectivity index (χ4v) is 5.86. The fourth-order valence-electron chi connectivity index (χ4n) is 4.19. The summed E-state index contributed by atoms with van der Waals surface area (Å²) in [7, 11) is -1.29. The van der Waals surface area contributed by atoms with Gasteiger partial charge in [0, 0.05) is 22.6 Å². The van der Waals surface area contributed by atoms with E-state index in [1.165, 1.54) is 37.3 Å². The first kappa shape index (κ1) is 32.9. The van der Waals surface area contributed by atoms with Gasteiger partial charge in [-0.2, -0.15) is 0 Å². The molecule has 0 aliphatic heterocycles. The van der Waals surface area contributed by atoms with E-state index in [4.69, 9.17) is 9.47 Å². The van der Waals surface area contributed by atoms with E-state index in [0.29, 0.717) is 11.5 Å². The molecule has 0 saturated carbocycles. The molecule has 0 aliphatic carbocycles. The molecule has 226 valence electrons. The van der Waals surface area contributed by atoms with E-state index in [1.54, 1.807) is 31.2 Å². The molecule has 0 aromatic heterocycles. The van der Waals surface area contributed by atoms with Gasteiger partial charge in [-0.25, -0.2) is 8.42 Å². The normalized spacial score (nSPS) is 12.3. The van der Waals surface area contributed by atoms with Crippen LogP contribution in [0.3, 0.4) is 0 Å². The molecular formula is C31H38BrN3O6S. The molecule has 0 fully saturated rings. The number of halogens is 1. The van der Waals surface area contributed by atoms with Gasteiger partial charge in [0.1, 0.15) is 12.6 Å². The number of ether oxygens (including phenoxy) is 2. The second-order valence-electron chi connectivity index (χ2n) is 10.9. The molecule has 3 aromatic rings. The summed E-state index contributed by atoms with van der Waals surface area (Å²) in [6, 6.07) is 17.5. The Bertz CT molecular complexity index is 1500. The van der Waals surface area contributed by atoms with Gasteiger partial charge in [-0.15, -0.1) is 0 Å². The lowest BCUT2D eigenvalue weighted by atomic mass is 10.1. The standard InChI is InChI=1S/C31H38BrN3O6S/c1-21-8-15-26(16-9-21)42(38,39)35(25-14-17-27(40-6)28(18-25)41-7)20-29(36)34(19-23-10-12-24(32)13-11-23)22(2)30(37)33-31(3,4)5/h8-18,22H,19-20H2,1-7H3,(H,33,37)/t22-/m1/s1. The van der Waals surface area contributed by atoms with Crippen LogP contribution in [0.4, 0.5) is 5.69 Å². The predicted octanol–water partition coefficient (Wildman–Crippen LogP) is 5.30. The first-order valence-electron chi connectivity index (χ1n) is 13.3. The lowest BCUT2D eigenvalue weighted by molar-refractivity contribution is -0.140. The minimum atomic E-state index is -4.21. The lowest BCUT2D eigenvalue weighted by Crippen LogP contribution is -2.54. The van der Waals surface area contributed by atoms with Gasteiger partial charge in [-0.3, -0.25) is 13.9 Å². The summed E-state index contributed by atoms with van der Waals surface area (Å²) in [5, 5.41) is 2.92. The van der Waals surface area contributed by atoms with Gasteiger partial charge in [0.2, 0.25) is 11.8 Å². The minimum absolute atomic E-state index is 0.0219. The molecule has 11 heteroatoms. The molecule has 9 nitrogen and oxygen atoms in total. The smallest absolute Gasteiger partial charge is 0.264 e. The van der Waals surface area contributed by atoms with Crippen LogP contribution in [-0.4, -0.2) is 57.5 Å². The monoisotopic (exact) mass is 659 g/mol. The van der Waals surface area contributed by atoms with Crippen molar-refractivity contribution in [1.82, 2.24) is 10.2 Å². The number of sulfonamides is 1. The van der Waals surface area contributed by atoms with Gasteiger partial charge in [0.25, 0.3) is 10.0 Å². The maximum atomic E-state index is 14.1. The van der Waals surface area contributed by atoms with Crippen LogP contribution in [0.5, 0.6) is 11.5 Å². The van der Waals surface area contributed by atoms with Crippen LogP contribution in [0.2, 0.25) is 0 Å². The molecule has 42 heavy (non-hydrogen) atoms. The highest BCUT2D eigenvalue weighted by atomic mass is 79.9. The Morgan fingerprint density at radius 1 is 0.929 bits per heavy atom. The van der Waals surface area contributed by atoms with Gasteiger partial charge in [-0.05, 0) is 76.6 Å². The second-order valence-corrected chi connectivity index (χ2v) is 13.7. The second kappa shape index (κ2) is 13.6. The summed E-state index contributed by atoms with van der Waals surface area (Å²) in [5.41, 5.74) is 1.35.